The van der Waals surface area contributed by atoms with Crippen LogP contribution in [0.25, 0.3) is 0 Å². The molecule has 0 heterocycles. The van der Waals surface area contributed by atoms with Crippen LogP contribution in [0.3, 0.4) is 0 Å². The van der Waals surface area contributed by atoms with Crippen LogP contribution >= 0.6 is 11.8 Å². The van der Waals surface area contributed by atoms with Gasteiger partial charge in [-0.3, -0.25) is 9.59 Å². The van der Waals surface area contributed by atoms with Crippen molar-refractivity contribution in [3.8, 4) is 6.07 Å². The highest BCUT2D eigenvalue weighted by atomic mass is 32.2. The molecular formula is C21H20N2O3S. The van der Waals surface area contributed by atoms with Crippen molar-refractivity contribution in [3.63, 3.8) is 0 Å². The van der Waals surface area contributed by atoms with Gasteiger partial charge >= 0.3 is 5.97 Å². The topological polar surface area (TPSA) is 79.2 Å². The molecule has 138 valence electrons. The van der Waals surface area contributed by atoms with Gasteiger partial charge in [-0.15, -0.1) is 11.8 Å². The number of anilines is 1. The average molecular weight is 380 g/mol. The van der Waals surface area contributed by atoms with Gasteiger partial charge in [-0.1, -0.05) is 12.1 Å². The maximum absolute atomic E-state index is 12.2. The van der Waals surface area contributed by atoms with Crippen molar-refractivity contribution < 1.29 is 14.3 Å². The van der Waals surface area contributed by atoms with Crippen LogP contribution in [0, 0.1) is 11.3 Å². The van der Waals surface area contributed by atoms with Crippen LogP contribution in [-0.2, 0) is 27.2 Å². The van der Waals surface area contributed by atoms with Crippen molar-refractivity contribution >= 4 is 29.3 Å². The molecule has 0 unspecified atom stereocenters. The minimum absolute atomic E-state index is 0.153. The zero-order valence-electron chi connectivity index (χ0n) is 15.0. The molecular weight excluding hydrogens is 360 g/mol. The number of hydrogen-bond acceptors (Lipinski definition) is 5. The van der Waals surface area contributed by atoms with Crippen molar-refractivity contribution in [2.75, 3.05) is 11.1 Å². The Bertz CT molecular complexity index is 905. The highest BCUT2D eigenvalue weighted by molar-refractivity contribution is 8.00. The SMILES string of the molecule is C[C@@H](OC(=O)CSc1ccc2c(c1)CCC2)C(=O)Nc1cccc(C#N)c1. The third kappa shape index (κ3) is 5.11. The van der Waals surface area contributed by atoms with Gasteiger partial charge in [-0.2, -0.15) is 5.26 Å². The third-order valence-electron chi connectivity index (χ3n) is 4.36. The Morgan fingerprint density at radius 2 is 2.04 bits per heavy atom. The van der Waals surface area contributed by atoms with E-state index < -0.39 is 18.0 Å². The molecule has 0 radical (unpaired) electrons. The lowest BCUT2D eigenvalue weighted by atomic mass is 10.1. The predicted molar refractivity (Wildman–Crippen MR) is 105 cm³/mol. The van der Waals surface area contributed by atoms with Crippen LogP contribution in [-0.4, -0.2) is 23.7 Å². The number of carbonyl (C=O) groups excluding carboxylic acids is 2. The second-order valence-electron chi connectivity index (χ2n) is 6.39. The highest BCUT2D eigenvalue weighted by Crippen LogP contribution is 2.27. The fourth-order valence-corrected chi connectivity index (χ4v) is 3.72. The fourth-order valence-electron chi connectivity index (χ4n) is 2.98. The Morgan fingerprint density at radius 3 is 2.85 bits per heavy atom. The minimum Gasteiger partial charge on any atom is -0.452 e. The van der Waals surface area contributed by atoms with E-state index in [1.54, 1.807) is 24.3 Å². The van der Waals surface area contributed by atoms with Gasteiger partial charge in [0.05, 0.1) is 17.4 Å². The van der Waals surface area contributed by atoms with Crippen molar-refractivity contribution in [3.05, 3.63) is 59.2 Å². The molecule has 0 fully saturated rings. The number of thioether (sulfide) groups is 1. The maximum Gasteiger partial charge on any atom is 0.317 e. The number of nitriles is 1. The zero-order valence-corrected chi connectivity index (χ0v) is 15.8. The molecule has 1 atom stereocenters. The Labute approximate surface area is 162 Å². The molecule has 27 heavy (non-hydrogen) atoms. The van der Waals surface area contributed by atoms with Gasteiger partial charge in [0.1, 0.15) is 0 Å². The molecule has 6 heteroatoms. The number of esters is 1. The quantitative estimate of drug-likeness (QED) is 0.610. The van der Waals surface area contributed by atoms with Gasteiger partial charge in [0.2, 0.25) is 0 Å². The number of carbonyl (C=O) groups is 2. The smallest absolute Gasteiger partial charge is 0.317 e. The number of hydrogen-bond donors (Lipinski definition) is 1. The molecule has 1 aliphatic carbocycles. The van der Waals surface area contributed by atoms with E-state index in [1.165, 1.54) is 36.2 Å². The summed E-state index contributed by atoms with van der Waals surface area (Å²) in [6, 6.07) is 14.9. The predicted octanol–water partition coefficient (Wildman–Crippen LogP) is 3.71. The standard InChI is InChI=1S/C21H20N2O3S/c1-14(21(25)23-18-7-2-4-15(10-18)12-22)26-20(24)13-27-19-9-8-16-5-3-6-17(16)11-19/h2,4,7-11,14H,3,5-6,13H2,1H3,(H,23,25)/t14-/m1/s1. The summed E-state index contributed by atoms with van der Waals surface area (Å²) in [4.78, 5) is 25.3. The van der Waals surface area contributed by atoms with E-state index in [9.17, 15) is 9.59 Å². The second kappa shape index (κ2) is 8.74. The Balaban J connectivity index is 1.48. The molecule has 1 aliphatic rings. The summed E-state index contributed by atoms with van der Waals surface area (Å²) in [6.45, 7) is 1.53. The molecule has 0 bridgehead atoms. The minimum atomic E-state index is -0.913. The summed E-state index contributed by atoms with van der Waals surface area (Å²) < 4.78 is 5.22. The van der Waals surface area contributed by atoms with Crippen molar-refractivity contribution in [2.24, 2.45) is 0 Å². The average Bonchev–Trinajstić information content (AvgIpc) is 3.14. The Hall–Kier alpha value is -2.78. The van der Waals surface area contributed by atoms with Gasteiger partial charge in [-0.05, 0) is 67.6 Å². The maximum atomic E-state index is 12.2. The fraction of sp³-hybridized carbons (Fsp3) is 0.286. The molecule has 5 nitrogen and oxygen atoms in total. The number of benzene rings is 2. The number of nitrogens with one attached hydrogen (secondary N) is 1. The van der Waals surface area contributed by atoms with E-state index in [0.717, 1.165) is 17.7 Å². The molecule has 0 aliphatic heterocycles. The van der Waals surface area contributed by atoms with E-state index in [2.05, 4.69) is 17.4 Å². The van der Waals surface area contributed by atoms with E-state index in [0.29, 0.717) is 11.3 Å². The first-order chi connectivity index (χ1) is 13.0. The summed E-state index contributed by atoms with van der Waals surface area (Å²) in [5.74, 6) is -0.713. The first kappa shape index (κ1) is 19.0. The normalized spacial score (nSPS) is 13.3. The first-order valence-electron chi connectivity index (χ1n) is 8.80. The van der Waals surface area contributed by atoms with Crippen molar-refractivity contribution in [2.45, 2.75) is 37.2 Å². The lowest BCUT2D eigenvalue weighted by molar-refractivity contribution is -0.150. The van der Waals surface area contributed by atoms with E-state index in [1.807, 2.05) is 12.1 Å². The Kier molecular flexibility index (Phi) is 6.15. The third-order valence-corrected chi connectivity index (χ3v) is 5.33. The lowest BCUT2D eigenvalue weighted by Crippen LogP contribution is -2.30. The molecule has 0 saturated carbocycles. The van der Waals surface area contributed by atoms with Gasteiger partial charge in [0, 0.05) is 10.6 Å². The number of fused-ring (bicyclic) bond motifs is 1. The second-order valence-corrected chi connectivity index (χ2v) is 7.44. The van der Waals surface area contributed by atoms with Crippen LogP contribution in [0.1, 0.15) is 30.0 Å². The largest absolute Gasteiger partial charge is 0.452 e. The van der Waals surface area contributed by atoms with E-state index >= 15 is 0 Å². The lowest BCUT2D eigenvalue weighted by Gasteiger charge is -2.13. The van der Waals surface area contributed by atoms with Gasteiger partial charge in [0.25, 0.3) is 5.91 Å². The molecule has 1 amide bonds. The van der Waals surface area contributed by atoms with Gasteiger partial charge in [0.15, 0.2) is 6.10 Å². The Morgan fingerprint density at radius 1 is 1.22 bits per heavy atom. The molecule has 2 aromatic rings. The molecule has 1 N–H and O–H groups in total. The number of amides is 1. The van der Waals surface area contributed by atoms with E-state index in [4.69, 9.17) is 10.00 Å². The highest BCUT2D eigenvalue weighted by Gasteiger charge is 2.18. The molecule has 0 saturated heterocycles. The zero-order chi connectivity index (χ0) is 19.2. The first-order valence-corrected chi connectivity index (χ1v) is 9.79. The van der Waals surface area contributed by atoms with Crippen LogP contribution in [0.4, 0.5) is 5.69 Å². The van der Waals surface area contributed by atoms with Crippen molar-refractivity contribution in [1.82, 2.24) is 0 Å². The summed E-state index contributed by atoms with van der Waals surface area (Å²) >= 11 is 1.41. The monoisotopic (exact) mass is 380 g/mol. The summed E-state index contributed by atoms with van der Waals surface area (Å²) in [7, 11) is 0. The molecule has 0 aromatic heterocycles. The van der Waals surface area contributed by atoms with Crippen LogP contribution in [0.15, 0.2) is 47.4 Å². The number of rotatable bonds is 6. The number of ether oxygens (including phenoxy) is 1. The molecule has 2 aromatic carbocycles. The van der Waals surface area contributed by atoms with Crippen molar-refractivity contribution in [1.29, 1.82) is 5.26 Å². The summed E-state index contributed by atoms with van der Waals surface area (Å²) in [5, 5.41) is 11.5. The van der Waals surface area contributed by atoms with Gasteiger partial charge in [-0.25, -0.2) is 0 Å². The summed E-state index contributed by atoms with van der Waals surface area (Å²) in [5.41, 5.74) is 3.70. The molecule has 0 spiro atoms. The number of aryl methyl sites for hydroxylation is 2. The summed E-state index contributed by atoms with van der Waals surface area (Å²) in [6.07, 6.45) is 2.50. The molecule has 3 rings (SSSR count). The van der Waals surface area contributed by atoms with Gasteiger partial charge < -0.3 is 10.1 Å². The van der Waals surface area contributed by atoms with Crippen LogP contribution in [0.2, 0.25) is 0 Å². The van der Waals surface area contributed by atoms with E-state index in [-0.39, 0.29) is 5.75 Å². The van der Waals surface area contributed by atoms with Crippen LogP contribution < -0.4 is 5.32 Å². The van der Waals surface area contributed by atoms with Crippen LogP contribution in [0.5, 0.6) is 0 Å². The number of nitrogens with zero attached hydrogens (tertiary/aromatic N) is 1.